The van der Waals surface area contributed by atoms with E-state index in [9.17, 15) is 9.59 Å². The molecule has 1 aliphatic rings. The molecule has 1 aliphatic heterocycles. The topological polar surface area (TPSA) is 73.9 Å². The Morgan fingerprint density at radius 1 is 1.37 bits per heavy atom. The molecule has 1 rings (SSSR count). The maximum Gasteiger partial charge on any atom is 0.407 e. The Hall–Kier alpha value is -1.01. The molecule has 2 atom stereocenters. The van der Waals surface area contributed by atoms with Crippen LogP contribution in [0.25, 0.3) is 0 Å². The van der Waals surface area contributed by atoms with E-state index >= 15 is 0 Å². The number of ether oxygens (including phenoxy) is 3. The number of esters is 1. The fraction of sp³-hybridized carbons (Fsp3) is 0.833. The Kier molecular flexibility index (Phi) is 5.87. The van der Waals surface area contributed by atoms with E-state index in [0.717, 1.165) is 0 Å². The molecule has 0 aliphatic carbocycles. The molecule has 0 unspecified atom stereocenters. The lowest BCUT2D eigenvalue weighted by Gasteiger charge is -2.20. The summed E-state index contributed by atoms with van der Waals surface area (Å²) in [7, 11) is 0. The van der Waals surface area contributed by atoms with Gasteiger partial charge in [-0.05, 0) is 33.6 Å². The smallest absolute Gasteiger partial charge is 0.407 e. The molecular weight excluding hydrogens is 274 g/mol. The van der Waals surface area contributed by atoms with Crippen molar-refractivity contribution in [2.75, 3.05) is 12.6 Å². The van der Waals surface area contributed by atoms with E-state index < -0.39 is 23.8 Å². The zero-order chi connectivity index (χ0) is 14.5. The van der Waals surface area contributed by atoms with E-state index in [-0.39, 0.29) is 12.2 Å². The van der Waals surface area contributed by atoms with E-state index in [2.05, 4.69) is 10.1 Å². The van der Waals surface area contributed by atoms with Gasteiger partial charge in [-0.1, -0.05) is 11.6 Å². The number of alkyl halides is 1. The molecule has 1 heterocycles. The first-order valence-electron chi connectivity index (χ1n) is 6.16. The summed E-state index contributed by atoms with van der Waals surface area (Å²) < 4.78 is 15.2. The van der Waals surface area contributed by atoms with Crippen LogP contribution in [0.4, 0.5) is 4.79 Å². The normalized spacial score (nSPS) is 22.9. The van der Waals surface area contributed by atoms with Crippen LogP contribution in [0.3, 0.4) is 0 Å². The largest absolute Gasteiger partial charge is 0.447 e. The molecule has 1 saturated heterocycles. The highest BCUT2D eigenvalue weighted by atomic mass is 35.5. The number of carbonyl (C=O) groups excluding carboxylic acids is 2. The molecule has 6 nitrogen and oxygen atoms in total. The average Bonchev–Trinajstić information content (AvgIpc) is 2.73. The minimum atomic E-state index is -0.593. The first-order valence-corrected chi connectivity index (χ1v) is 6.70. The third-order valence-electron chi connectivity index (χ3n) is 2.44. The van der Waals surface area contributed by atoms with Crippen molar-refractivity contribution in [3.05, 3.63) is 0 Å². The van der Waals surface area contributed by atoms with Crippen molar-refractivity contribution in [2.24, 2.45) is 0 Å². The van der Waals surface area contributed by atoms with E-state index in [1.54, 1.807) is 20.8 Å². The van der Waals surface area contributed by atoms with Crippen LogP contribution >= 0.6 is 11.6 Å². The maximum absolute atomic E-state index is 11.4. The number of amides is 1. The number of hydrogen-bond acceptors (Lipinski definition) is 5. The van der Waals surface area contributed by atoms with Crippen LogP contribution in [-0.2, 0) is 19.0 Å². The predicted molar refractivity (Wildman–Crippen MR) is 68.9 cm³/mol. The first kappa shape index (κ1) is 16.0. The number of halogens is 1. The summed E-state index contributed by atoms with van der Waals surface area (Å²) in [5, 5.41) is 2.61. The quantitative estimate of drug-likeness (QED) is 0.632. The van der Waals surface area contributed by atoms with Crippen LogP contribution < -0.4 is 5.32 Å². The van der Waals surface area contributed by atoms with Gasteiger partial charge in [-0.2, -0.15) is 0 Å². The van der Waals surface area contributed by atoms with Gasteiger partial charge in [0, 0.05) is 6.54 Å². The summed E-state index contributed by atoms with van der Waals surface area (Å²) in [5.74, 6) is -0.463. The van der Waals surface area contributed by atoms with Crippen molar-refractivity contribution in [1.29, 1.82) is 0 Å². The monoisotopic (exact) mass is 293 g/mol. The van der Waals surface area contributed by atoms with Crippen LogP contribution in [0.2, 0.25) is 0 Å². The van der Waals surface area contributed by atoms with Crippen LogP contribution in [-0.4, -0.2) is 42.5 Å². The van der Waals surface area contributed by atoms with Gasteiger partial charge in [0.2, 0.25) is 0 Å². The first-order chi connectivity index (χ1) is 8.81. The van der Waals surface area contributed by atoms with Crippen molar-refractivity contribution in [1.82, 2.24) is 5.32 Å². The predicted octanol–water partition coefficient (Wildman–Crippen LogP) is 1.80. The lowest BCUT2D eigenvalue weighted by atomic mass is 10.2. The molecule has 0 radical (unpaired) electrons. The van der Waals surface area contributed by atoms with Gasteiger partial charge in [-0.3, -0.25) is 0 Å². The van der Waals surface area contributed by atoms with Crippen LogP contribution in [0.15, 0.2) is 0 Å². The SMILES string of the molecule is CC(C)(C)OC(=O)NC[C@@H]1CC[C@H](C(=O)OCCl)O1. The van der Waals surface area contributed by atoms with Crippen LogP contribution in [0.5, 0.6) is 0 Å². The summed E-state index contributed by atoms with van der Waals surface area (Å²) >= 11 is 5.30. The van der Waals surface area contributed by atoms with Crippen molar-refractivity contribution in [3.63, 3.8) is 0 Å². The van der Waals surface area contributed by atoms with E-state index in [1.807, 2.05) is 0 Å². The fourth-order valence-electron chi connectivity index (χ4n) is 1.69. The van der Waals surface area contributed by atoms with Gasteiger partial charge in [0.25, 0.3) is 0 Å². The van der Waals surface area contributed by atoms with Gasteiger partial charge >= 0.3 is 12.1 Å². The van der Waals surface area contributed by atoms with Crippen molar-refractivity contribution in [3.8, 4) is 0 Å². The van der Waals surface area contributed by atoms with Gasteiger partial charge in [0.1, 0.15) is 5.60 Å². The Labute approximate surface area is 117 Å². The van der Waals surface area contributed by atoms with Gasteiger partial charge in [-0.15, -0.1) is 0 Å². The van der Waals surface area contributed by atoms with Crippen LogP contribution in [0, 0.1) is 0 Å². The van der Waals surface area contributed by atoms with Gasteiger partial charge in [-0.25, -0.2) is 9.59 Å². The lowest BCUT2D eigenvalue weighted by molar-refractivity contribution is -0.154. The summed E-state index contributed by atoms with van der Waals surface area (Å²) in [4.78, 5) is 22.8. The Morgan fingerprint density at radius 3 is 2.63 bits per heavy atom. The molecular formula is C12H20ClNO5. The minimum absolute atomic E-state index is 0.181. The van der Waals surface area contributed by atoms with Gasteiger partial charge in [0.05, 0.1) is 6.10 Å². The fourth-order valence-corrected chi connectivity index (χ4v) is 1.79. The third kappa shape index (κ3) is 6.11. The second kappa shape index (κ2) is 6.96. The molecule has 1 amide bonds. The zero-order valence-electron chi connectivity index (χ0n) is 11.4. The number of alkyl carbamates (subject to hydrolysis) is 1. The van der Waals surface area contributed by atoms with E-state index in [0.29, 0.717) is 19.4 Å². The number of hydrogen-bond donors (Lipinski definition) is 1. The molecule has 1 fully saturated rings. The van der Waals surface area contributed by atoms with Crippen molar-refractivity contribution >= 4 is 23.7 Å². The molecule has 7 heteroatoms. The second-order valence-corrected chi connectivity index (χ2v) is 5.50. The summed E-state index contributed by atoms with van der Waals surface area (Å²) in [6, 6.07) is -0.181. The number of carbonyl (C=O) groups is 2. The van der Waals surface area contributed by atoms with Crippen molar-refractivity contribution < 1.29 is 23.8 Å². The molecule has 1 N–H and O–H groups in total. The Morgan fingerprint density at radius 2 is 2.05 bits per heavy atom. The Bertz CT molecular complexity index is 329. The molecule has 0 bridgehead atoms. The van der Waals surface area contributed by atoms with Gasteiger partial charge < -0.3 is 19.5 Å². The highest BCUT2D eigenvalue weighted by molar-refractivity contribution is 6.17. The zero-order valence-corrected chi connectivity index (χ0v) is 12.2. The summed E-state index contributed by atoms with van der Waals surface area (Å²) in [5.41, 5.74) is -0.534. The minimum Gasteiger partial charge on any atom is -0.447 e. The number of rotatable bonds is 4. The molecule has 0 spiro atoms. The molecule has 0 aromatic rings. The van der Waals surface area contributed by atoms with E-state index in [4.69, 9.17) is 21.1 Å². The molecule has 19 heavy (non-hydrogen) atoms. The molecule has 0 aromatic carbocycles. The lowest BCUT2D eigenvalue weighted by Crippen LogP contribution is -2.37. The van der Waals surface area contributed by atoms with E-state index in [1.165, 1.54) is 0 Å². The average molecular weight is 294 g/mol. The summed E-state index contributed by atoms with van der Waals surface area (Å²) in [6.07, 6.45) is -0.0544. The second-order valence-electron chi connectivity index (χ2n) is 5.28. The summed E-state index contributed by atoms with van der Waals surface area (Å²) in [6.45, 7) is 5.67. The Balaban J connectivity index is 2.25. The number of nitrogens with one attached hydrogen (secondary N) is 1. The highest BCUT2D eigenvalue weighted by Gasteiger charge is 2.32. The van der Waals surface area contributed by atoms with Crippen LogP contribution in [0.1, 0.15) is 33.6 Å². The molecule has 0 aromatic heterocycles. The standard InChI is InChI=1S/C12H20ClNO5/c1-12(2,3)19-11(16)14-6-8-4-5-9(18-8)10(15)17-7-13/h8-9H,4-7H2,1-3H3,(H,14,16)/t8-,9+/m0/s1. The van der Waals surface area contributed by atoms with Gasteiger partial charge in [0.15, 0.2) is 12.2 Å². The maximum atomic E-state index is 11.4. The van der Waals surface area contributed by atoms with Crippen molar-refractivity contribution in [2.45, 2.75) is 51.4 Å². The third-order valence-corrected chi connectivity index (χ3v) is 2.55. The highest BCUT2D eigenvalue weighted by Crippen LogP contribution is 2.20. The molecule has 0 saturated carbocycles. The molecule has 110 valence electrons.